The van der Waals surface area contributed by atoms with E-state index in [9.17, 15) is 0 Å². The summed E-state index contributed by atoms with van der Waals surface area (Å²) in [6, 6.07) is 65.6. The van der Waals surface area contributed by atoms with Crippen molar-refractivity contribution in [2.24, 2.45) is 0 Å². The van der Waals surface area contributed by atoms with Crippen LogP contribution >= 0.6 is 0 Å². The average molecular weight is 638 g/mol. The van der Waals surface area contributed by atoms with Crippen LogP contribution < -0.4 is 0 Å². The van der Waals surface area contributed by atoms with Gasteiger partial charge in [-0.25, -0.2) is 15.0 Å². The minimum Gasteiger partial charge on any atom is -0.248 e. The highest BCUT2D eigenvalue weighted by Crippen LogP contribution is 2.37. The minimum atomic E-state index is 0.701. The maximum absolute atomic E-state index is 5.22. The van der Waals surface area contributed by atoms with Gasteiger partial charge in [-0.1, -0.05) is 164 Å². The maximum atomic E-state index is 5.22. The third-order valence-electron chi connectivity index (χ3n) is 9.28. The van der Waals surface area contributed by atoms with Gasteiger partial charge in [-0.05, 0) is 57.3 Å². The van der Waals surface area contributed by atoms with Crippen LogP contribution in [0.2, 0.25) is 0 Å². The highest BCUT2D eigenvalue weighted by molar-refractivity contribution is 6.13. The number of aromatic nitrogens is 3. The fourth-order valence-corrected chi connectivity index (χ4v) is 6.76. The molecule has 0 aliphatic rings. The van der Waals surface area contributed by atoms with Gasteiger partial charge in [0.1, 0.15) is 0 Å². The smallest absolute Gasteiger partial charge is 0.160 e. The normalized spacial score (nSPS) is 11.2. The van der Waals surface area contributed by atoms with Crippen molar-refractivity contribution in [1.82, 2.24) is 15.0 Å². The van der Waals surface area contributed by atoms with E-state index in [4.69, 9.17) is 15.0 Å². The van der Waals surface area contributed by atoms with Crippen LogP contribution in [-0.4, -0.2) is 15.0 Å². The number of rotatable bonds is 6. The van der Waals surface area contributed by atoms with E-state index in [1.54, 1.807) is 0 Å². The number of hydrogen-bond donors (Lipinski definition) is 0. The summed E-state index contributed by atoms with van der Waals surface area (Å²) in [4.78, 5) is 15.2. The van der Waals surface area contributed by atoms with Crippen LogP contribution in [0.1, 0.15) is 0 Å². The van der Waals surface area contributed by atoms with E-state index >= 15 is 0 Å². The molecule has 0 N–H and O–H groups in total. The van der Waals surface area contributed by atoms with Crippen molar-refractivity contribution < 1.29 is 0 Å². The van der Waals surface area contributed by atoms with E-state index in [1.165, 1.54) is 27.3 Å². The number of hydrogen-bond acceptors (Lipinski definition) is 3. The van der Waals surface area contributed by atoms with Crippen molar-refractivity contribution in [1.29, 1.82) is 0 Å². The van der Waals surface area contributed by atoms with E-state index in [-0.39, 0.29) is 0 Å². The molecule has 0 saturated heterocycles. The second-order valence-electron chi connectivity index (χ2n) is 12.5. The van der Waals surface area contributed by atoms with Crippen LogP contribution in [0.25, 0.3) is 89.1 Å². The van der Waals surface area contributed by atoms with Crippen molar-refractivity contribution in [3.63, 3.8) is 0 Å². The molecule has 234 valence electrons. The molecule has 50 heavy (non-hydrogen) atoms. The molecule has 0 spiro atoms. The van der Waals surface area contributed by atoms with Gasteiger partial charge < -0.3 is 0 Å². The van der Waals surface area contributed by atoms with Gasteiger partial charge in [0.2, 0.25) is 0 Å². The van der Waals surface area contributed by atoms with E-state index in [0.29, 0.717) is 5.82 Å². The molecule has 9 aromatic rings. The lowest BCUT2D eigenvalue weighted by Crippen LogP contribution is -1.96. The number of pyridine rings is 1. The molecular weight excluding hydrogens is 607 g/mol. The monoisotopic (exact) mass is 637 g/mol. The zero-order valence-electron chi connectivity index (χ0n) is 27.2. The number of fused-ring (bicyclic) bond motifs is 3. The van der Waals surface area contributed by atoms with Gasteiger partial charge in [0.15, 0.2) is 5.82 Å². The molecule has 0 saturated carbocycles. The fraction of sp³-hybridized carbons (Fsp3) is 0. The predicted octanol–water partition coefficient (Wildman–Crippen LogP) is 12.2. The molecule has 0 fully saturated rings. The summed E-state index contributed by atoms with van der Waals surface area (Å²) in [5.74, 6) is 0.701. The Bertz CT molecular complexity index is 2560. The molecule has 0 atom stereocenters. The summed E-state index contributed by atoms with van der Waals surface area (Å²) in [7, 11) is 0. The molecule has 7 aromatic carbocycles. The molecule has 0 bridgehead atoms. The minimum absolute atomic E-state index is 0.701. The lowest BCUT2D eigenvalue weighted by atomic mass is 9.94. The summed E-state index contributed by atoms with van der Waals surface area (Å²) in [5, 5.41) is 3.61. The molecule has 9 rings (SSSR count). The second kappa shape index (κ2) is 12.7. The van der Waals surface area contributed by atoms with Crippen LogP contribution in [0.5, 0.6) is 0 Å². The third kappa shape index (κ3) is 5.61. The van der Waals surface area contributed by atoms with Gasteiger partial charge in [-0.3, -0.25) is 0 Å². The fourth-order valence-electron chi connectivity index (χ4n) is 6.76. The molecule has 0 amide bonds. The number of benzene rings is 7. The largest absolute Gasteiger partial charge is 0.248 e. The Morgan fingerprint density at radius 2 is 0.840 bits per heavy atom. The molecule has 0 unspecified atom stereocenters. The molecule has 2 heterocycles. The van der Waals surface area contributed by atoms with E-state index in [1.807, 2.05) is 36.4 Å². The quantitative estimate of drug-likeness (QED) is 0.170. The van der Waals surface area contributed by atoms with E-state index in [2.05, 4.69) is 152 Å². The van der Waals surface area contributed by atoms with E-state index in [0.717, 1.165) is 56.0 Å². The van der Waals surface area contributed by atoms with Crippen molar-refractivity contribution in [3.05, 3.63) is 188 Å². The van der Waals surface area contributed by atoms with Crippen LogP contribution in [0.15, 0.2) is 188 Å². The first-order valence-corrected chi connectivity index (χ1v) is 16.9. The Kier molecular flexibility index (Phi) is 7.49. The molecule has 0 aliphatic carbocycles. The van der Waals surface area contributed by atoms with Gasteiger partial charge in [0, 0.05) is 27.6 Å². The Balaban J connectivity index is 1.10. The average Bonchev–Trinajstić information content (AvgIpc) is 3.21. The first-order chi connectivity index (χ1) is 24.8. The highest BCUT2D eigenvalue weighted by atomic mass is 14.9. The predicted molar refractivity (Wildman–Crippen MR) is 207 cm³/mol. The molecule has 0 radical (unpaired) electrons. The summed E-state index contributed by atoms with van der Waals surface area (Å²) >= 11 is 0. The molecule has 2 aromatic heterocycles. The summed E-state index contributed by atoms with van der Waals surface area (Å²) in [6.07, 6.45) is 0. The Morgan fingerprint density at radius 3 is 1.52 bits per heavy atom. The lowest BCUT2D eigenvalue weighted by molar-refractivity contribution is 1.18. The standard InChI is InChI=1S/C47H31N3/c1-4-13-33(14-5-1)41-30-43(48-42-28-27-34-15-10-11-22-40(34)46(41)42)39-21-12-20-38(29-39)32-23-25-37(26-24-32)47-49-44(35-16-6-2-7-17-35)31-45(50-47)36-18-8-3-9-19-36/h1-31H. The second-order valence-corrected chi connectivity index (χ2v) is 12.5. The Labute approximate surface area is 291 Å². The lowest BCUT2D eigenvalue weighted by Gasteiger charge is -2.14. The first-order valence-electron chi connectivity index (χ1n) is 16.9. The Morgan fingerprint density at radius 1 is 0.300 bits per heavy atom. The summed E-state index contributed by atoms with van der Waals surface area (Å²) in [5.41, 5.74) is 12.5. The summed E-state index contributed by atoms with van der Waals surface area (Å²) in [6.45, 7) is 0. The van der Waals surface area contributed by atoms with Crippen LogP contribution in [-0.2, 0) is 0 Å². The van der Waals surface area contributed by atoms with Crippen molar-refractivity contribution in [3.8, 4) is 67.4 Å². The molecular formula is C47H31N3. The Hall–Kier alpha value is -6.71. The van der Waals surface area contributed by atoms with Gasteiger partial charge in [-0.2, -0.15) is 0 Å². The van der Waals surface area contributed by atoms with Crippen LogP contribution in [0.4, 0.5) is 0 Å². The van der Waals surface area contributed by atoms with Crippen LogP contribution in [0.3, 0.4) is 0 Å². The SMILES string of the molecule is c1ccc(-c2cc(-c3ccccc3)nc(-c3ccc(-c4cccc(-c5cc(-c6ccccc6)c6c(ccc7ccccc76)n5)c4)cc3)n2)cc1. The van der Waals surface area contributed by atoms with Gasteiger partial charge >= 0.3 is 0 Å². The highest BCUT2D eigenvalue weighted by Gasteiger charge is 2.14. The third-order valence-corrected chi connectivity index (χ3v) is 9.28. The van der Waals surface area contributed by atoms with Crippen LogP contribution in [0, 0.1) is 0 Å². The topological polar surface area (TPSA) is 38.7 Å². The maximum Gasteiger partial charge on any atom is 0.160 e. The van der Waals surface area contributed by atoms with Crippen molar-refractivity contribution in [2.75, 3.05) is 0 Å². The zero-order chi connectivity index (χ0) is 33.3. The van der Waals surface area contributed by atoms with Gasteiger partial charge in [0.05, 0.1) is 22.6 Å². The van der Waals surface area contributed by atoms with Crippen molar-refractivity contribution >= 4 is 21.7 Å². The number of nitrogens with zero attached hydrogens (tertiary/aromatic N) is 3. The van der Waals surface area contributed by atoms with E-state index < -0.39 is 0 Å². The van der Waals surface area contributed by atoms with Gasteiger partial charge in [0.25, 0.3) is 0 Å². The molecule has 0 aliphatic heterocycles. The first kappa shape index (κ1) is 29.4. The molecule has 3 nitrogen and oxygen atoms in total. The van der Waals surface area contributed by atoms with Gasteiger partial charge in [-0.15, -0.1) is 0 Å². The summed E-state index contributed by atoms with van der Waals surface area (Å²) < 4.78 is 0. The van der Waals surface area contributed by atoms with Crippen molar-refractivity contribution in [2.45, 2.75) is 0 Å². The molecule has 3 heteroatoms. The zero-order valence-corrected chi connectivity index (χ0v) is 27.2.